The van der Waals surface area contributed by atoms with E-state index in [2.05, 4.69) is 10.6 Å². The number of benzene rings is 1. The summed E-state index contributed by atoms with van der Waals surface area (Å²) in [4.78, 5) is 39.5. The number of hydrogen-bond acceptors (Lipinski definition) is 8. The van der Waals surface area contributed by atoms with Gasteiger partial charge in [0.15, 0.2) is 5.57 Å². The molecule has 0 radical (unpaired) electrons. The Morgan fingerprint density at radius 3 is 2.61 bits per heavy atom. The van der Waals surface area contributed by atoms with Crippen LogP contribution < -0.4 is 30.7 Å². The van der Waals surface area contributed by atoms with Crippen molar-refractivity contribution in [3.05, 3.63) is 43.8 Å². The van der Waals surface area contributed by atoms with E-state index in [1.807, 2.05) is 18.7 Å². The number of nitrogens with zero attached hydrogens (tertiary/aromatic N) is 3. The normalized spacial score (nSPS) is 16.6. The first kappa shape index (κ1) is 28.9. The minimum atomic E-state index is -4.65. The summed E-state index contributed by atoms with van der Waals surface area (Å²) in [6.45, 7) is 5.13. The zero-order valence-corrected chi connectivity index (χ0v) is 21.8. The fourth-order valence-electron chi connectivity index (χ4n) is 3.60. The Morgan fingerprint density at radius 2 is 2.00 bits per heavy atom. The van der Waals surface area contributed by atoms with Gasteiger partial charge in [-0.1, -0.05) is 6.07 Å². The number of halogens is 3. The van der Waals surface area contributed by atoms with Crippen molar-refractivity contribution in [1.82, 2.24) is 14.8 Å². The zero-order chi connectivity index (χ0) is 28.1. The van der Waals surface area contributed by atoms with Gasteiger partial charge in [-0.05, 0) is 39.0 Å². The van der Waals surface area contributed by atoms with Crippen molar-refractivity contribution in [2.24, 2.45) is 0 Å². The molecule has 3 N–H and O–H groups in total. The van der Waals surface area contributed by atoms with Crippen molar-refractivity contribution in [2.45, 2.75) is 39.0 Å². The van der Waals surface area contributed by atoms with E-state index in [1.165, 1.54) is 6.20 Å². The lowest BCUT2D eigenvalue weighted by Crippen LogP contribution is -2.44. The van der Waals surface area contributed by atoms with Gasteiger partial charge in [0.2, 0.25) is 5.91 Å². The van der Waals surface area contributed by atoms with Crippen LogP contribution in [0.15, 0.2) is 29.1 Å². The van der Waals surface area contributed by atoms with Gasteiger partial charge in [0, 0.05) is 29.7 Å². The summed E-state index contributed by atoms with van der Waals surface area (Å²) < 4.78 is 44.1. The Morgan fingerprint density at radius 1 is 1.29 bits per heavy atom. The van der Waals surface area contributed by atoms with E-state index in [0.717, 1.165) is 15.9 Å². The van der Waals surface area contributed by atoms with E-state index in [9.17, 15) is 32.8 Å². The van der Waals surface area contributed by atoms with Crippen molar-refractivity contribution >= 4 is 46.3 Å². The molecule has 1 aromatic heterocycles. The second-order valence-electron chi connectivity index (χ2n) is 9.01. The highest BCUT2D eigenvalue weighted by Crippen LogP contribution is 2.21. The van der Waals surface area contributed by atoms with Crippen molar-refractivity contribution in [3.63, 3.8) is 0 Å². The lowest BCUT2D eigenvalue weighted by Gasteiger charge is -2.28. The average molecular weight is 553 g/mol. The van der Waals surface area contributed by atoms with E-state index >= 15 is 0 Å². The average Bonchev–Trinajstić information content (AvgIpc) is 3.34. The molecule has 10 nitrogen and oxygen atoms in total. The minimum absolute atomic E-state index is 0.0532. The number of anilines is 2. The molecule has 0 atom stereocenters. The number of alkyl halides is 3. The Labute approximate surface area is 220 Å². The third kappa shape index (κ3) is 7.21. The van der Waals surface area contributed by atoms with E-state index in [-0.39, 0.29) is 33.7 Å². The highest BCUT2D eigenvalue weighted by molar-refractivity contribution is 7.07. The SMILES string of the molecule is CCn1c(=O)/c(=C\Nc2cccc(NC(=O)CN3COCC3(C)C)c2)s/c1=C(/C#N)C(=O)NCC(F)(F)F. The van der Waals surface area contributed by atoms with Crippen LogP contribution >= 0.6 is 11.3 Å². The number of aromatic nitrogens is 1. The van der Waals surface area contributed by atoms with E-state index in [4.69, 9.17) is 4.74 Å². The fraction of sp³-hybridized carbons (Fsp3) is 0.417. The number of rotatable bonds is 8. The summed E-state index contributed by atoms with van der Waals surface area (Å²) in [6, 6.07) is 8.37. The van der Waals surface area contributed by atoms with Gasteiger partial charge < -0.3 is 20.7 Å². The van der Waals surface area contributed by atoms with Crippen molar-refractivity contribution in [3.8, 4) is 6.07 Å². The number of ether oxygens (including phenoxy) is 1. The summed E-state index contributed by atoms with van der Waals surface area (Å²) >= 11 is 0.800. The van der Waals surface area contributed by atoms with Gasteiger partial charge in [-0.15, -0.1) is 11.3 Å². The van der Waals surface area contributed by atoms with Crippen LogP contribution in [0.1, 0.15) is 20.8 Å². The predicted octanol–water partition coefficient (Wildman–Crippen LogP) is 1.14. The molecule has 1 saturated heterocycles. The number of carbonyl (C=O) groups excluding carboxylic acids is 2. The van der Waals surface area contributed by atoms with Crippen molar-refractivity contribution in [1.29, 1.82) is 5.26 Å². The summed E-state index contributed by atoms with van der Waals surface area (Å²) in [5.74, 6) is -1.44. The van der Waals surface area contributed by atoms with Gasteiger partial charge in [-0.2, -0.15) is 18.4 Å². The summed E-state index contributed by atoms with van der Waals surface area (Å²) in [6.07, 6.45) is -3.28. The third-order valence-electron chi connectivity index (χ3n) is 5.64. The number of amides is 2. The molecular weight excluding hydrogens is 525 g/mol. The molecule has 204 valence electrons. The Hall–Kier alpha value is -3.67. The minimum Gasteiger partial charge on any atom is -0.364 e. The molecule has 0 saturated carbocycles. The first-order valence-corrected chi connectivity index (χ1v) is 12.3. The highest BCUT2D eigenvalue weighted by Gasteiger charge is 2.34. The molecule has 0 spiro atoms. The number of thiazole rings is 1. The molecule has 1 aromatic carbocycles. The summed E-state index contributed by atoms with van der Waals surface area (Å²) in [7, 11) is 0. The standard InChI is InChI=1S/C24H27F3N6O4S/c1-4-33-21(36)18(38-22(33)17(9-28)20(35)30-12-24(25,26)27)10-29-15-6-5-7-16(8-15)31-19(34)11-32-14-37-13-23(32,2)3/h5-8,10,29H,4,11-14H2,1-3H3,(H,30,35)(H,31,34)/b18-10+,22-17-. The predicted molar refractivity (Wildman–Crippen MR) is 136 cm³/mol. The second kappa shape index (κ2) is 11.8. The third-order valence-corrected chi connectivity index (χ3v) is 6.77. The quantitative estimate of drug-likeness (QED) is 0.448. The molecule has 3 rings (SSSR count). The van der Waals surface area contributed by atoms with Gasteiger partial charge in [-0.25, -0.2) is 0 Å². The first-order chi connectivity index (χ1) is 17.8. The largest absolute Gasteiger partial charge is 0.405 e. The number of nitrogens with one attached hydrogen (secondary N) is 3. The molecule has 2 aromatic rings. The van der Waals surface area contributed by atoms with Gasteiger partial charge in [0.1, 0.15) is 28.5 Å². The molecule has 1 fully saturated rings. The smallest absolute Gasteiger partial charge is 0.364 e. The maximum absolute atomic E-state index is 12.8. The van der Waals surface area contributed by atoms with E-state index in [1.54, 1.807) is 42.6 Å². The molecule has 2 amide bonds. The Bertz CT molecular complexity index is 1420. The zero-order valence-electron chi connectivity index (χ0n) is 20.9. The highest BCUT2D eigenvalue weighted by atomic mass is 32.1. The number of carbonyl (C=O) groups is 2. The van der Waals surface area contributed by atoms with Gasteiger partial charge in [0.25, 0.3) is 11.5 Å². The molecule has 0 aliphatic carbocycles. The van der Waals surface area contributed by atoms with Crippen LogP contribution in [0, 0.1) is 11.3 Å². The van der Waals surface area contributed by atoms with Crippen molar-refractivity contribution < 1.29 is 27.5 Å². The van der Waals surface area contributed by atoms with Crippen LogP contribution in [-0.4, -0.2) is 59.4 Å². The number of hydrogen-bond donors (Lipinski definition) is 3. The van der Waals surface area contributed by atoms with Gasteiger partial charge in [0.05, 0.1) is 13.2 Å². The molecule has 0 unspecified atom stereocenters. The van der Waals surface area contributed by atoms with Crippen LogP contribution in [0.4, 0.5) is 24.5 Å². The lowest BCUT2D eigenvalue weighted by atomic mass is 10.1. The molecule has 38 heavy (non-hydrogen) atoms. The molecule has 0 bridgehead atoms. The van der Waals surface area contributed by atoms with Gasteiger partial charge in [-0.3, -0.25) is 23.9 Å². The molecule has 1 aliphatic heterocycles. The van der Waals surface area contributed by atoms with Crippen molar-refractivity contribution in [2.75, 3.05) is 37.1 Å². The Kier molecular flexibility index (Phi) is 8.97. The van der Waals surface area contributed by atoms with Gasteiger partial charge >= 0.3 is 6.18 Å². The maximum Gasteiger partial charge on any atom is 0.405 e. The molecule has 1 aliphatic rings. The lowest BCUT2D eigenvalue weighted by molar-refractivity contribution is -0.135. The first-order valence-electron chi connectivity index (χ1n) is 11.5. The summed E-state index contributed by atoms with van der Waals surface area (Å²) in [5.41, 5.74) is -0.295. The van der Waals surface area contributed by atoms with E-state index < -0.39 is 29.8 Å². The van der Waals surface area contributed by atoms with Crippen LogP contribution in [-0.2, 0) is 20.9 Å². The topological polar surface area (TPSA) is 128 Å². The second-order valence-corrected chi connectivity index (χ2v) is 10.0. The fourth-order valence-corrected chi connectivity index (χ4v) is 4.68. The molecular formula is C24H27F3N6O4S. The molecule has 14 heteroatoms. The monoisotopic (exact) mass is 552 g/mol. The van der Waals surface area contributed by atoms with Crippen LogP contribution in [0.3, 0.4) is 0 Å². The van der Waals surface area contributed by atoms with Crippen LogP contribution in [0.2, 0.25) is 0 Å². The van der Waals surface area contributed by atoms with E-state index in [0.29, 0.717) is 24.7 Å². The molecule has 2 heterocycles. The van der Waals surface area contributed by atoms with Crippen LogP contribution in [0.5, 0.6) is 0 Å². The van der Waals surface area contributed by atoms with Crippen LogP contribution in [0.25, 0.3) is 11.8 Å². The summed E-state index contributed by atoms with van der Waals surface area (Å²) in [5, 5.41) is 16.8. The number of nitriles is 1. The maximum atomic E-state index is 12.8. The Balaban J connectivity index is 1.81.